The zero-order chi connectivity index (χ0) is 18.4. The van der Waals surface area contributed by atoms with Gasteiger partial charge in [-0.25, -0.2) is 0 Å². The average Bonchev–Trinajstić information content (AvgIpc) is 3.27. The maximum Gasteiger partial charge on any atom is 0.320 e. The van der Waals surface area contributed by atoms with E-state index in [0.717, 1.165) is 38.8 Å². The molecule has 0 bridgehead atoms. The normalized spacial score (nSPS) is 22.0. The summed E-state index contributed by atoms with van der Waals surface area (Å²) in [6.45, 7) is 1.23. The monoisotopic (exact) mass is 350 g/mol. The Hall–Kier alpha value is -1.75. The van der Waals surface area contributed by atoms with E-state index in [1.54, 1.807) is 0 Å². The van der Waals surface area contributed by atoms with Gasteiger partial charge in [-0.1, -0.05) is 0 Å². The molecule has 2 heterocycles. The van der Waals surface area contributed by atoms with Crippen molar-refractivity contribution in [2.75, 3.05) is 26.3 Å². The van der Waals surface area contributed by atoms with Crippen LogP contribution in [0, 0.1) is 0 Å². The zero-order valence-corrected chi connectivity index (χ0v) is 13.4. The molecular formula is C14H26N2O8. The number of hydrogen-bond acceptors (Lipinski definition) is 8. The van der Waals surface area contributed by atoms with Crippen LogP contribution in [0.2, 0.25) is 0 Å². The molecular weight excluding hydrogens is 324 g/mol. The second-order valence-corrected chi connectivity index (χ2v) is 5.19. The Morgan fingerprint density at radius 1 is 1.00 bits per heavy atom. The van der Waals surface area contributed by atoms with Crippen LogP contribution < -0.4 is 10.6 Å². The molecule has 0 aromatic rings. The summed E-state index contributed by atoms with van der Waals surface area (Å²) >= 11 is 0. The Balaban J connectivity index is 0.000000331. The van der Waals surface area contributed by atoms with Crippen molar-refractivity contribution in [1.29, 1.82) is 0 Å². The Labute approximate surface area is 139 Å². The van der Waals surface area contributed by atoms with Crippen LogP contribution in [0.5, 0.6) is 0 Å². The maximum absolute atomic E-state index is 10.1. The Morgan fingerprint density at radius 3 is 1.54 bits per heavy atom. The molecule has 0 aromatic heterocycles. The number of carbonyl (C=O) groups is 3. The minimum atomic E-state index is -0.757. The SMILES string of the molecule is O=C(O)C1CCCN1.O=C(O)C1CCCN1.O=COC(CO)CO. The predicted octanol–water partition coefficient (Wildman–Crippen LogP) is -1.84. The van der Waals surface area contributed by atoms with E-state index in [9.17, 15) is 14.4 Å². The van der Waals surface area contributed by atoms with Crippen molar-refractivity contribution >= 4 is 18.4 Å². The van der Waals surface area contributed by atoms with E-state index in [1.165, 1.54) is 0 Å². The van der Waals surface area contributed by atoms with Crippen LogP contribution in [-0.4, -0.2) is 83.3 Å². The van der Waals surface area contributed by atoms with Crippen LogP contribution in [0.25, 0.3) is 0 Å². The van der Waals surface area contributed by atoms with E-state index in [0.29, 0.717) is 0 Å². The molecule has 0 amide bonds. The lowest BCUT2D eigenvalue weighted by molar-refractivity contribution is -0.140. The topological polar surface area (TPSA) is 165 Å². The highest BCUT2D eigenvalue weighted by atomic mass is 16.5. The van der Waals surface area contributed by atoms with Gasteiger partial charge >= 0.3 is 11.9 Å². The summed E-state index contributed by atoms with van der Waals surface area (Å²) in [7, 11) is 0. The van der Waals surface area contributed by atoms with Gasteiger partial charge in [-0.2, -0.15) is 0 Å². The number of carboxylic acid groups (broad SMARTS) is 2. The first-order valence-corrected chi connectivity index (χ1v) is 7.69. The fourth-order valence-corrected chi connectivity index (χ4v) is 2.01. The van der Waals surface area contributed by atoms with Gasteiger partial charge in [-0.3, -0.25) is 14.4 Å². The summed E-state index contributed by atoms with van der Waals surface area (Å²) in [5.41, 5.74) is 0. The van der Waals surface area contributed by atoms with E-state index in [1.807, 2.05) is 0 Å². The van der Waals surface area contributed by atoms with Crippen molar-refractivity contribution in [3.05, 3.63) is 0 Å². The number of hydrogen-bond donors (Lipinski definition) is 6. The predicted molar refractivity (Wildman–Crippen MR) is 82.4 cm³/mol. The highest BCUT2D eigenvalue weighted by Gasteiger charge is 2.20. The van der Waals surface area contributed by atoms with Crippen molar-refractivity contribution in [2.45, 2.75) is 43.9 Å². The molecule has 0 aliphatic carbocycles. The zero-order valence-electron chi connectivity index (χ0n) is 13.4. The second kappa shape index (κ2) is 13.7. The van der Waals surface area contributed by atoms with Gasteiger partial charge in [0.1, 0.15) is 18.2 Å². The largest absolute Gasteiger partial charge is 0.480 e. The molecule has 2 aliphatic heterocycles. The Morgan fingerprint density at radius 2 is 1.42 bits per heavy atom. The molecule has 2 fully saturated rings. The van der Waals surface area contributed by atoms with Crippen LogP contribution in [-0.2, 0) is 19.1 Å². The molecule has 0 aromatic carbocycles. The lowest BCUT2D eigenvalue weighted by atomic mass is 10.2. The van der Waals surface area contributed by atoms with Crippen molar-refractivity contribution in [3.8, 4) is 0 Å². The van der Waals surface area contributed by atoms with Gasteiger partial charge in [0.15, 0.2) is 0 Å². The second-order valence-electron chi connectivity index (χ2n) is 5.19. The molecule has 0 saturated carbocycles. The van der Waals surface area contributed by atoms with Gasteiger partial charge in [-0.15, -0.1) is 0 Å². The van der Waals surface area contributed by atoms with Crippen molar-refractivity contribution in [2.24, 2.45) is 0 Å². The average molecular weight is 350 g/mol. The molecule has 140 valence electrons. The van der Waals surface area contributed by atoms with E-state index >= 15 is 0 Å². The van der Waals surface area contributed by atoms with E-state index in [-0.39, 0.29) is 31.8 Å². The number of nitrogens with one attached hydrogen (secondary N) is 2. The third-order valence-electron chi connectivity index (χ3n) is 3.37. The minimum Gasteiger partial charge on any atom is -0.480 e. The van der Waals surface area contributed by atoms with Gasteiger partial charge in [-0.05, 0) is 38.8 Å². The summed E-state index contributed by atoms with van der Waals surface area (Å²) < 4.78 is 4.16. The van der Waals surface area contributed by atoms with Crippen molar-refractivity contribution in [1.82, 2.24) is 10.6 Å². The smallest absolute Gasteiger partial charge is 0.320 e. The lowest BCUT2D eigenvalue weighted by Crippen LogP contribution is -2.29. The van der Waals surface area contributed by atoms with E-state index in [2.05, 4.69) is 15.4 Å². The van der Waals surface area contributed by atoms with Crippen molar-refractivity contribution < 1.29 is 39.5 Å². The number of carboxylic acids is 2. The number of aliphatic carboxylic acids is 2. The molecule has 10 heteroatoms. The van der Waals surface area contributed by atoms with Gasteiger partial charge in [0.2, 0.25) is 0 Å². The van der Waals surface area contributed by atoms with E-state index < -0.39 is 18.0 Å². The summed E-state index contributed by atoms with van der Waals surface area (Å²) in [6.07, 6.45) is 2.81. The fraction of sp³-hybridized carbons (Fsp3) is 0.786. The van der Waals surface area contributed by atoms with Crippen LogP contribution >= 0.6 is 0 Å². The molecule has 0 radical (unpaired) electrons. The van der Waals surface area contributed by atoms with Crippen LogP contribution in [0.4, 0.5) is 0 Å². The van der Waals surface area contributed by atoms with Crippen molar-refractivity contribution in [3.63, 3.8) is 0 Å². The Bertz CT molecular complexity index is 338. The number of carbonyl (C=O) groups excluding carboxylic acids is 1. The fourth-order valence-electron chi connectivity index (χ4n) is 2.01. The molecule has 24 heavy (non-hydrogen) atoms. The maximum atomic E-state index is 10.1. The summed E-state index contributed by atoms with van der Waals surface area (Å²) in [5.74, 6) is -1.44. The van der Waals surface area contributed by atoms with Gasteiger partial charge in [0, 0.05) is 0 Å². The number of aliphatic hydroxyl groups is 2. The first-order chi connectivity index (χ1) is 11.5. The number of rotatable bonds is 6. The van der Waals surface area contributed by atoms with Crippen LogP contribution in [0.3, 0.4) is 0 Å². The van der Waals surface area contributed by atoms with Gasteiger partial charge in [0.25, 0.3) is 6.47 Å². The summed E-state index contributed by atoms with van der Waals surface area (Å²) in [5, 5.41) is 38.8. The first kappa shape index (κ1) is 22.2. The van der Waals surface area contributed by atoms with E-state index in [4.69, 9.17) is 20.4 Å². The molecule has 2 atom stereocenters. The van der Waals surface area contributed by atoms with Gasteiger partial charge < -0.3 is 35.8 Å². The molecule has 6 N–H and O–H groups in total. The van der Waals surface area contributed by atoms with Gasteiger partial charge in [0.05, 0.1) is 13.2 Å². The highest BCUT2D eigenvalue weighted by Crippen LogP contribution is 2.04. The number of aliphatic hydroxyl groups excluding tert-OH is 2. The third kappa shape index (κ3) is 10.1. The van der Waals surface area contributed by atoms with Crippen LogP contribution in [0.1, 0.15) is 25.7 Å². The molecule has 2 aliphatic rings. The number of ether oxygens (including phenoxy) is 1. The van der Waals surface area contributed by atoms with Crippen LogP contribution in [0.15, 0.2) is 0 Å². The molecule has 10 nitrogen and oxygen atoms in total. The molecule has 2 rings (SSSR count). The molecule has 0 spiro atoms. The Kier molecular flexibility index (Phi) is 12.7. The highest BCUT2D eigenvalue weighted by molar-refractivity contribution is 5.74. The molecule has 2 saturated heterocycles. The minimum absolute atomic E-state index is 0.192. The standard InChI is InChI=1S/2C5H9NO2.C4H8O4/c2*7-5(8)4-2-1-3-6-4;5-1-4(2-6)8-3-7/h2*4,6H,1-3H2,(H,7,8);3-6H,1-2H2. The summed E-state index contributed by atoms with van der Waals surface area (Å²) in [6, 6.07) is -0.537. The first-order valence-electron chi connectivity index (χ1n) is 7.69. The quantitative estimate of drug-likeness (QED) is 0.300. The molecule has 2 unspecified atom stereocenters. The third-order valence-corrected chi connectivity index (χ3v) is 3.37. The summed E-state index contributed by atoms with van der Waals surface area (Å²) in [4.78, 5) is 29.8. The lowest BCUT2D eigenvalue weighted by Gasteiger charge is -2.05.